The van der Waals surface area contributed by atoms with E-state index in [4.69, 9.17) is 0 Å². The van der Waals surface area contributed by atoms with Crippen LogP contribution >= 0.6 is 0 Å². The van der Waals surface area contributed by atoms with Crippen LogP contribution in [-0.2, 0) is 4.79 Å². The van der Waals surface area contributed by atoms with Gasteiger partial charge >= 0.3 is 0 Å². The summed E-state index contributed by atoms with van der Waals surface area (Å²) in [6, 6.07) is 0. The van der Waals surface area contributed by atoms with Gasteiger partial charge in [-0.15, -0.1) is 0 Å². The fraction of sp³-hybridized carbons (Fsp3) is 0.947. The van der Waals surface area contributed by atoms with Crippen LogP contribution in [0.3, 0.4) is 0 Å². The summed E-state index contributed by atoms with van der Waals surface area (Å²) in [4.78, 5) is 13.1. The Hall–Kier alpha value is -0.450. The van der Waals surface area contributed by atoms with E-state index < -0.39 is 6.10 Å². The van der Waals surface area contributed by atoms with E-state index in [2.05, 4.69) is 13.8 Å². The number of aliphatic hydroxyl groups is 3. The topological polar surface area (TPSA) is 77.8 Å². The third-order valence-corrected chi connectivity index (χ3v) is 8.08. The molecule has 9 atom stereocenters. The van der Waals surface area contributed by atoms with E-state index in [1.165, 1.54) is 0 Å². The molecule has 0 aliphatic heterocycles. The molecule has 0 saturated heterocycles. The predicted octanol–water partition coefficient (Wildman–Crippen LogP) is 1.90. The van der Waals surface area contributed by atoms with E-state index in [9.17, 15) is 20.1 Å². The van der Waals surface area contributed by atoms with Gasteiger partial charge in [-0.05, 0) is 67.1 Å². The molecule has 0 aromatic rings. The smallest absolute Gasteiger partial charge is 0.137 e. The van der Waals surface area contributed by atoms with Gasteiger partial charge in [0.1, 0.15) is 5.78 Å². The van der Waals surface area contributed by atoms with Gasteiger partial charge < -0.3 is 15.3 Å². The Morgan fingerprint density at radius 3 is 2.52 bits per heavy atom. The molecule has 4 fully saturated rings. The maximum absolute atomic E-state index is 13.1. The summed E-state index contributed by atoms with van der Waals surface area (Å²) in [5.41, 5.74) is -0.231. The molecule has 0 unspecified atom stereocenters. The van der Waals surface area contributed by atoms with Gasteiger partial charge in [-0.3, -0.25) is 4.79 Å². The second-order valence-electron chi connectivity index (χ2n) is 9.49. The van der Waals surface area contributed by atoms with Crippen molar-refractivity contribution in [2.45, 2.75) is 77.1 Å². The van der Waals surface area contributed by atoms with E-state index in [1.807, 2.05) is 0 Å². The molecule has 0 spiro atoms. The van der Waals surface area contributed by atoms with E-state index in [0.29, 0.717) is 31.5 Å². The molecule has 4 rings (SSSR count). The number of ketones is 1. The second-order valence-corrected chi connectivity index (χ2v) is 9.49. The number of hydrogen-bond donors (Lipinski definition) is 3. The molecule has 0 amide bonds. The second kappa shape index (κ2) is 5.03. The third kappa shape index (κ3) is 2.17. The maximum Gasteiger partial charge on any atom is 0.137 e. The Kier molecular flexibility index (Phi) is 3.51. The van der Waals surface area contributed by atoms with Crippen molar-refractivity contribution < 1.29 is 20.1 Å². The van der Waals surface area contributed by atoms with Crippen molar-refractivity contribution in [2.75, 3.05) is 0 Å². The van der Waals surface area contributed by atoms with Gasteiger partial charge in [0.2, 0.25) is 0 Å². The molecule has 0 aromatic heterocycles. The molecule has 0 radical (unpaired) electrons. The molecular weight excluding hydrogens is 292 g/mol. The van der Waals surface area contributed by atoms with Crippen molar-refractivity contribution in [3.63, 3.8) is 0 Å². The zero-order valence-electron chi connectivity index (χ0n) is 14.2. The van der Waals surface area contributed by atoms with Crippen molar-refractivity contribution in [2.24, 2.45) is 34.5 Å². The monoisotopic (exact) mass is 322 g/mol. The summed E-state index contributed by atoms with van der Waals surface area (Å²) in [6.45, 7) is 4.35. The molecule has 130 valence electrons. The van der Waals surface area contributed by atoms with Crippen LogP contribution in [0.4, 0.5) is 0 Å². The van der Waals surface area contributed by atoms with Crippen molar-refractivity contribution in [1.82, 2.24) is 0 Å². The van der Waals surface area contributed by atoms with E-state index in [1.54, 1.807) is 0 Å². The lowest BCUT2D eigenvalue weighted by molar-refractivity contribution is -0.179. The van der Waals surface area contributed by atoms with Gasteiger partial charge in [0.05, 0.1) is 18.3 Å². The normalized spacial score (nSPS) is 59.2. The highest BCUT2D eigenvalue weighted by Crippen LogP contribution is 2.65. The minimum Gasteiger partial charge on any atom is -0.393 e. The molecule has 0 bridgehead atoms. The fourth-order valence-electron chi connectivity index (χ4n) is 7.05. The minimum atomic E-state index is -0.470. The standard InChI is InChI=1S/C19H30O4/c1-18-8-12(21)7-13(18)16-14(22)6-10-5-11(20)3-4-19(10,2)17(16)15(23)9-18/h10-14,16-17,20-22H,3-9H2,1-2H3/t10-,11+,12+,13+,14-,16-,17+,18+,19+/m1/s1. The van der Waals surface area contributed by atoms with Gasteiger partial charge in [0, 0.05) is 12.3 Å². The quantitative estimate of drug-likeness (QED) is 0.636. The zero-order valence-corrected chi connectivity index (χ0v) is 14.2. The van der Waals surface area contributed by atoms with Crippen molar-refractivity contribution >= 4 is 5.78 Å². The number of rotatable bonds is 0. The number of fused-ring (bicyclic) bond motifs is 5. The third-order valence-electron chi connectivity index (χ3n) is 8.08. The number of aliphatic hydroxyl groups excluding tert-OH is 3. The van der Waals surface area contributed by atoms with Crippen LogP contribution in [0.2, 0.25) is 0 Å². The van der Waals surface area contributed by atoms with Crippen molar-refractivity contribution in [3.8, 4) is 0 Å². The molecule has 0 aromatic carbocycles. The molecule has 4 aliphatic rings. The molecule has 3 N–H and O–H groups in total. The lowest BCUT2D eigenvalue weighted by atomic mass is 9.44. The van der Waals surface area contributed by atoms with Crippen LogP contribution in [-0.4, -0.2) is 39.4 Å². The fourth-order valence-corrected chi connectivity index (χ4v) is 7.05. The van der Waals surface area contributed by atoms with E-state index in [-0.39, 0.29) is 46.7 Å². The molecule has 4 saturated carbocycles. The Morgan fingerprint density at radius 2 is 1.78 bits per heavy atom. The summed E-state index contributed by atoms with van der Waals surface area (Å²) < 4.78 is 0. The van der Waals surface area contributed by atoms with Crippen LogP contribution in [0.5, 0.6) is 0 Å². The maximum atomic E-state index is 13.1. The predicted molar refractivity (Wildman–Crippen MR) is 85.5 cm³/mol. The van der Waals surface area contributed by atoms with Crippen LogP contribution in [0.1, 0.15) is 58.8 Å². The summed E-state index contributed by atoms with van der Waals surface area (Å²) >= 11 is 0. The number of hydrogen-bond acceptors (Lipinski definition) is 4. The molecule has 23 heavy (non-hydrogen) atoms. The number of Topliss-reactive ketones (excluding diaryl/α,β-unsaturated/α-hetero) is 1. The largest absolute Gasteiger partial charge is 0.393 e. The van der Waals surface area contributed by atoms with Crippen molar-refractivity contribution in [1.29, 1.82) is 0 Å². The zero-order chi connectivity index (χ0) is 16.6. The summed E-state index contributed by atoms with van der Waals surface area (Å²) in [5, 5.41) is 31.1. The molecule has 0 heterocycles. The number of carbonyl (C=O) groups is 1. The summed E-state index contributed by atoms with van der Waals surface area (Å²) in [5.74, 6) is 0.689. The first-order valence-electron chi connectivity index (χ1n) is 9.31. The molecule has 4 heteroatoms. The SMILES string of the molecule is C[C@]12CC(=O)[C@H]3[C@@H]([C@H](O)C[C@H]4C[C@@H](O)CC[C@@]43C)[C@@H]1C[C@H](O)C2. The molecule has 4 aliphatic carbocycles. The van der Waals surface area contributed by atoms with Crippen LogP contribution in [0.15, 0.2) is 0 Å². The van der Waals surface area contributed by atoms with Crippen molar-refractivity contribution in [3.05, 3.63) is 0 Å². The van der Waals surface area contributed by atoms with Gasteiger partial charge in [0.25, 0.3) is 0 Å². The Labute approximate surface area is 138 Å². The average Bonchev–Trinajstić information content (AvgIpc) is 2.74. The van der Waals surface area contributed by atoms with Gasteiger partial charge in [-0.2, -0.15) is 0 Å². The Morgan fingerprint density at radius 1 is 1.04 bits per heavy atom. The Balaban J connectivity index is 1.73. The van der Waals surface area contributed by atoms with Gasteiger partial charge in [0.15, 0.2) is 0 Å². The highest BCUT2D eigenvalue weighted by atomic mass is 16.3. The van der Waals surface area contributed by atoms with Crippen LogP contribution in [0.25, 0.3) is 0 Å². The lowest BCUT2D eigenvalue weighted by Gasteiger charge is -2.60. The Bertz CT molecular complexity index is 519. The first-order valence-corrected chi connectivity index (χ1v) is 9.31. The van der Waals surface area contributed by atoms with Gasteiger partial charge in [-0.25, -0.2) is 0 Å². The summed E-state index contributed by atoms with van der Waals surface area (Å²) in [7, 11) is 0. The molecular formula is C19H30O4. The van der Waals surface area contributed by atoms with Gasteiger partial charge in [-0.1, -0.05) is 13.8 Å². The minimum absolute atomic E-state index is 0.00473. The molecule has 4 nitrogen and oxygen atoms in total. The highest BCUT2D eigenvalue weighted by molar-refractivity contribution is 5.84. The van der Waals surface area contributed by atoms with Crippen LogP contribution < -0.4 is 0 Å². The van der Waals surface area contributed by atoms with Crippen LogP contribution in [0, 0.1) is 34.5 Å². The average molecular weight is 322 g/mol. The first-order chi connectivity index (χ1) is 10.7. The lowest BCUT2D eigenvalue weighted by Crippen LogP contribution is -2.61. The van der Waals surface area contributed by atoms with E-state index in [0.717, 1.165) is 19.3 Å². The number of carbonyl (C=O) groups excluding carboxylic acids is 1. The van der Waals surface area contributed by atoms with E-state index >= 15 is 0 Å². The highest BCUT2D eigenvalue weighted by Gasteiger charge is 2.64. The first kappa shape index (κ1) is 16.0. The summed E-state index contributed by atoms with van der Waals surface area (Å²) in [6.07, 6.45) is 3.95.